The third-order valence-corrected chi connectivity index (χ3v) is 4.17. The zero-order valence-corrected chi connectivity index (χ0v) is 15.1. The van der Waals surface area contributed by atoms with Gasteiger partial charge >= 0.3 is 0 Å². The van der Waals surface area contributed by atoms with Crippen LogP contribution in [0.4, 0.5) is 0 Å². The van der Waals surface area contributed by atoms with Crippen LogP contribution in [0.15, 0.2) is 5.38 Å². The van der Waals surface area contributed by atoms with E-state index < -0.39 is 6.04 Å². The molecule has 1 aromatic rings. The molecular weight excluding hydrogens is 298 g/mol. The molecule has 1 atom stereocenters. The summed E-state index contributed by atoms with van der Waals surface area (Å²) in [5, 5.41) is 8.66. The number of carbonyl (C=O) groups is 2. The molecule has 0 radical (unpaired) electrons. The summed E-state index contributed by atoms with van der Waals surface area (Å²) in [7, 11) is 0. The van der Waals surface area contributed by atoms with Crippen LogP contribution in [-0.2, 0) is 21.4 Å². The molecule has 0 aliphatic carbocycles. The molecule has 0 saturated carbocycles. The van der Waals surface area contributed by atoms with E-state index in [2.05, 4.69) is 41.8 Å². The van der Waals surface area contributed by atoms with Crippen molar-refractivity contribution in [2.45, 2.75) is 59.4 Å². The lowest BCUT2D eigenvalue weighted by Gasteiger charge is -2.20. The lowest BCUT2D eigenvalue weighted by molar-refractivity contribution is -0.129. The Labute approximate surface area is 136 Å². The lowest BCUT2D eigenvalue weighted by Crippen LogP contribution is -2.49. The SMILES string of the molecule is CC(=O)N[C@@H](C(=O)NCCc1nc(C(C)(C)C)cs1)C(C)C. The van der Waals surface area contributed by atoms with E-state index in [4.69, 9.17) is 0 Å². The molecule has 0 aliphatic rings. The first-order chi connectivity index (χ1) is 10.1. The minimum atomic E-state index is -0.487. The molecule has 0 spiro atoms. The molecule has 1 rings (SSSR count). The van der Waals surface area contributed by atoms with Crippen molar-refractivity contribution in [1.82, 2.24) is 15.6 Å². The van der Waals surface area contributed by atoms with Gasteiger partial charge in [0.15, 0.2) is 0 Å². The Morgan fingerprint density at radius 1 is 1.32 bits per heavy atom. The predicted octanol–water partition coefficient (Wildman–Crippen LogP) is 2.26. The second kappa shape index (κ2) is 7.72. The normalized spacial score (nSPS) is 13.0. The highest BCUT2D eigenvalue weighted by Crippen LogP contribution is 2.23. The van der Waals surface area contributed by atoms with Crippen LogP contribution in [0, 0.1) is 5.92 Å². The Hall–Kier alpha value is -1.43. The number of carbonyl (C=O) groups excluding carboxylic acids is 2. The largest absolute Gasteiger partial charge is 0.354 e. The summed E-state index contributed by atoms with van der Waals surface area (Å²) in [5.74, 6) is -0.280. The smallest absolute Gasteiger partial charge is 0.242 e. The monoisotopic (exact) mass is 325 g/mol. The fourth-order valence-corrected chi connectivity index (χ4v) is 2.95. The maximum atomic E-state index is 12.1. The van der Waals surface area contributed by atoms with Crippen LogP contribution in [0.2, 0.25) is 0 Å². The van der Waals surface area contributed by atoms with E-state index in [0.717, 1.165) is 10.7 Å². The summed E-state index contributed by atoms with van der Waals surface area (Å²) in [6, 6.07) is -0.487. The van der Waals surface area contributed by atoms with Crippen LogP contribution in [0.3, 0.4) is 0 Å². The molecular formula is C16H27N3O2S. The fraction of sp³-hybridized carbons (Fsp3) is 0.688. The van der Waals surface area contributed by atoms with Crippen molar-refractivity contribution in [1.29, 1.82) is 0 Å². The minimum Gasteiger partial charge on any atom is -0.354 e. The quantitative estimate of drug-likeness (QED) is 0.843. The average molecular weight is 325 g/mol. The van der Waals surface area contributed by atoms with Crippen LogP contribution in [0.25, 0.3) is 0 Å². The van der Waals surface area contributed by atoms with E-state index >= 15 is 0 Å². The van der Waals surface area contributed by atoms with Crippen LogP contribution >= 0.6 is 11.3 Å². The van der Waals surface area contributed by atoms with E-state index in [1.807, 2.05) is 13.8 Å². The molecule has 6 heteroatoms. The highest BCUT2D eigenvalue weighted by Gasteiger charge is 2.22. The molecule has 22 heavy (non-hydrogen) atoms. The summed E-state index contributed by atoms with van der Waals surface area (Å²) in [6.45, 7) is 12.2. The molecule has 0 bridgehead atoms. The number of nitrogens with zero attached hydrogens (tertiary/aromatic N) is 1. The van der Waals surface area contributed by atoms with Crippen molar-refractivity contribution in [3.63, 3.8) is 0 Å². The Bertz CT molecular complexity index is 518. The molecule has 124 valence electrons. The molecule has 0 aromatic carbocycles. The van der Waals surface area contributed by atoms with Crippen LogP contribution < -0.4 is 10.6 Å². The third-order valence-electron chi connectivity index (χ3n) is 3.27. The molecule has 2 N–H and O–H groups in total. The minimum absolute atomic E-state index is 0.0478. The van der Waals surface area contributed by atoms with E-state index in [9.17, 15) is 9.59 Å². The van der Waals surface area contributed by atoms with Crippen molar-refractivity contribution >= 4 is 23.2 Å². The molecule has 0 saturated heterocycles. The van der Waals surface area contributed by atoms with Gasteiger partial charge in [0.25, 0.3) is 0 Å². The van der Waals surface area contributed by atoms with Gasteiger partial charge in [-0.15, -0.1) is 11.3 Å². The summed E-state index contributed by atoms with van der Waals surface area (Å²) in [5.41, 5.74) is 1.13. The van der Waals surface area contributed by atoms with Gasteiger partial charge in [-0.25, -0.2) is 4.98 Å². The van der Waals surface area contributed by atoms with Gasteiger partial charge in [0.05, 0.1) is 10.7 Å². The van der Waals surface area contributed by atoms with Gasteiger partial charge in [-0.2, -0.15) is 0 Å². The number of thiazole rings is 1. The maximum absolute atomic E-state index is 12.1. The van der Waals surface area contributed by atoms with Gasteiger partial charge in [0.1, 0.15) is 6.04 Å². The molecule has 0 aliphatic heterocycles. The molecule has 0 unspecified atom stereocenters. The first kappa shape index (κ1) is 18.6. The van der Waals surface area contributed by atoms with Gasteiger partial charge in [-0.1, -0.05) is 34.6 Å². The van der Waals surface area contributed by atoms with Gasteiger partial charge < -0.3 is 10.6 Å². The Morgan fingerprint density at radius 3 is 2.41 bits per heavy atom. The second-order valence-electron chi connectivity index (χ2n) is 6.84. The number of hydrogen-bond acceptors (Lipinski definition) is 4. The topological polar surface area (TPSA) is 71.1 Å². The zero-order valence-electron chi connectivity index (χ0n) is 14.3. The zero-order chi connectivity index (χ0) is 16.9. The standard InChI is InChI=1S/C16H27N3O2S/c1-10(2)14(18-11(3)20)15(21)17-8-7-13-19-12(9-22-13)16(4,5)6/h9-10,14H,7-8H2,1-6H3,(H,17,21)(H,18,20)/t14-/m1/s1. The first-order valence-corrected chi connectivity index (χ1v) is 8.49. The van der Waals surface area contributed by atoms with Crippen molar-refractivity contribution in [2.24, 2.45) is 5.92 Å². The van der Waals surface area contributed by atoms with Crippen molar-refractivity contribution in [2.75, 3.05) is 6.54 Å². The van der Waals surface area contributed by atoms with Crippen LogP contribution in [-0.4, -0.2) is 29.4 Å². The number of aromatic nitrogens is 1. The third kappa shape index (κ3) is 5.75. The fourth-order valence-electron chi connectivity index (χ4n) is 1.93. The van der Waals surface area contributed by atoms with Crippen molar-refractivity contribution in [3.8, 4) is 0 Å². The van der Waals surface area contributed by atoms with Crippen molar-refractivity contribution < 1.29 is 9.59 Å². The number of nitrogens with one attached hydrogen (secondary N) is 2. The van der Waals surface area contributed by atoms with E-state index in [1.54, 1.807) is 11.3 Å². The summed E-state index contributed by atoms with van der Waals surface area (Å²) in [4.78, 5) is 27.9. The maximum Gasteiger partial charge on any atom is 0.242 e. The van der Waals surface area contributed by atoms with Gasteiger partial charge in [0.2, 0.25) is 11.8 Å². The van der Waals surface area contributed by atoms with E-state index in [1.165, 1.54) is 6.92 Å². The summed E-state index contributed by atoms with van der Waals surface area (Å²) >= 11 is 1.62. The van der Waals surface area contributed by atoms with E-state index in [-0.39, 0.29) is 23.1 Å². The molecule has 1 aromatic heterocycles. The molecule has 2 amide bonds. The second-order valence-corrected chi connectivity index (χ2v) is 7.78. The Balaban J connectivity index is 2.50. The highest BCUT2D eigenvalue weighted by molar-refractivity contribution is 7.09. The molecule has 1 heterocycles. The van der Waals surface area contributed by atoms with Crippen LogP contribution in [0.1, 0.15) is 52.2 Å². The summed E-state index contributed by atoms with van der Waals surface area (Å²) in [6.07, 6.45) is 0.706. The molecule has 5 nitrogen and oxygen atoms in total. The number of rotatable bonds is 6. The lowest BCUT2D eigenvalue weighted by atomic mass is 9.93. The first-order valence-electron chi connectivity index (χ1n) is 7.61. The Kier molecular flexibility index (Phi) is 6.53. The van der Waals surface area contributed by atoms with Gasteiger partial charge in [-0.3, -0.25) is 9.59 Å². The average Bonchev–Trinajstić information content (AvgIpc) is 2.84. The Morgan fingerprint density at radius 2 is 1.95 bits per heavy atom. The van der Waals surface area contributed by atoms with Crippen molar-refractivity contribution in [3.05, 3.63) is 16.1 Å². The van der Waals surface area contributed by atoms with Crippen LogP contribution in [0.5, 0.6) is 0 Å². The highest BCUT2D eigenvalue weighted by atomic mass is 32.1. The predicted molar refractivity (Wildman–Crippen MR) is 90.0 cm³/mol. The van der Waals surface area contributed by atoms with E-state index in [0.29, 0.717) is 13.0 Å². The number of hydrogen-bond donors (Lipinski definition) is 2. The van der Waals surface area contributed by atoms with Gasteiger partial charge in [0, 0.05) is 30.7 Å². The number of amides is 2. The van der Waals surface area contributed by atoms with Gasteiger partial charge in [-0.05, 0) is 5.92 Å². The summed E-state index contributed by atoms with van der Waals surface area (Å²) < 4.78 is 0. The molecule has 0 fully saturated rings.